The molecule has 0 radical (unpaired) electrons. The molecule has 8 heteroatoms. The van der Waals surface area contributed by atoms with E-state index in [0.717, 1.165) is 29.7 Å². The minimum absolute atomic E-state index is 0.141. The number of benzene rings is 4. The molecule has 1 spiro atoms. The van der Waals surface area contributed by atoms with Gasteiger partial charge in [0.1, 0.15) is 11.5 Å². The van der Waals surface area contributed by atoms with E-state index in [1.165, 1.54) is 24.3 Å². The Morgan fingerprint density at radius 1 is 0.886 bits per heavy atom. The third-order valence-corrected chi connectivity index (χ3v) is 9.23. The molecule has 4 aromatic rings. The highest BCUT2D eigenvalue weighted by Gasteiger charge is 2.70. The topological polar surface area (TPSA) is 110 Å². The van der Waals surface area contributed by atoms with Crippen LogP contribution in [0.25, 0.3) is 6.08 Å². The van der Waals surface area contributed by atoms with E-state index in [9.17, 15) is 24.5 Å². The van der Waals surface area contributed by atoms with Crippen LogP contribution in [-0.4, -0.2) is 34.5 Å². The van der Waals surface area contributed by atoms with E-state index in [0.29, 0.717) is 16.8 Å². The molecule has 4 aromatic carbocycles. The van der Waals surface area contributed by atoms with E-state index in [-0.39, 0.29) is 28.7 Å². The molecule has 8 nitrogen and oxygen atoms in total. The van der Waals surface area contributed by atoms with Crippen molar-refractivity contribution in [3.63, 3.8) is 0 Å². The monoisotopic (exact) mass is 583 g/mol. The van der Waals surface area contributed by atoms with Gasteiger partial charge in [0.2, 0.25) is 5.91 Å². The second kappa shape index (κ2) is 10.4. The molecule has 1 amide bonds. The molecule has 3 aliphatic heterocycles. The Hall–Kier alpha value is -5.37. The van der Waals surface area contributed by atoms with E-state index in [1.807, 2.05) is 77.7 Å². The molecule has 1 saturated heterocycles. The summed E-state index contributed by atoms with van der Waals surface area (Å²) in [5.74, 6) is -2.13. The molecule has 0 bridgehead atoms. The van der Waals surface area contributed by atoms with Crippen LogP contribution in [0.15, 0.2) is 103 Å². The number of aryl methyl sites for hydroxylation is 1. The SMILES string of the molecule is CCCc1ccc(C(=O)[C@@H]2[C@@H](C(=O)c3ccc([N+](=O)[O-])cc3)N3c4ccccc4C=C[C@@H]3[C@@]23C(=O)Nc2ccccc23)cc1. The predicted molar refractivity (Wildman–Crippen MR) is 168 cm³/mol. The zero-order valence-corrected chi connectivity index (χ0v) is 24.0. The molecular weight excluding hydrogens is 554 g/mol. The van der Waals surface area contributed by atoms with Crippen LogP contribution >= 0.6 is 0 Å². The van der Waals surface area contributed by atoms with Gasteiger partial charge in [-0.15, -0.1) is 0 Å². The van der Waals surface area contributed by atoms with Gasteiger partial charge in [0.25, 0.3) is 5.69 Å². The van der Waals surface area contributed by atoms with Crippen molar-refractivity contribution in [2.45, 2.75) is 37.3 Å². The summed E-state index contributed by atoms with van der Waals surface area (Å²) in [5.41, 5.74) is 3.08. The van der Waals surface area contributed by atoms with E-state index in [4.69, 9.17) is 0 Å². The third kappa shape index (κ3) is 3.94. The molecule has 0 unspecified atom stereocenters. The van der Waals surface area contributed by atoms with Crippen molar-refractivity contribution in [1.82, 2.24) is 0 Å². The first-order valence-corrected chi connectivity index (χ1v) is 14.7. The smallest absolute Gasteiger partial charge is 0.269 e. The molecule has 3 heterocycles. The number of ketones is 2. The summed E-state index contributed by atoms with van der Waals surface area (Å²) < 4.78 is 0. The summed E-state index contributed by atoms with van der Waals surface area (Å²) in [7, 11) is 0. The van der Waals surface area contributed by atoms with Crippen molar-refractivity contribution >= 4 is 40.6 Å². The van der Waals surface area contributed by atoms with Crippen LogP contribution in [0.3, 0.4) is 0 Å². The van der Waals surface area contributed by atoms with Crippen LogP contribution < -0.4 is 10.2 Å². The maximum Gasteiger partial charge on any atom is 0.269 e. The molecule has 1 fully saturated rings. The predicted octanol–water partition coefficient (Wildman–Crippen LogP) is 6.40. The molecule has 7 rings (SSSR count). The lowest BCUT2D eigenvalue weighted by Crippen LogP contribution is -2.51. The zero-order valence-electron chi connectivity index (χ0n) is 24.0. The van der Waals surface area contributed by atoms with Crippen LogP contribution in [0, 0.1) is 16.0 Å². The normalized spacial score (nSPS) is 22.7. The fraction of sp³-hybridized carbons (Fsp3) is 0.194. The first-order chi connectivity index (χ1) is 21.4. The molecular formula is C36H29N3O5. The highest BCUT2D eigenvalue weighted by atomic mass is 16.6. The Labute approximate surface area is 254 Å². The van der Waals surface area contributed by atoms with Crippen LogP contribution in [0.2, 0.25) is 0 Å². The van der Waals surface area contributed by atoms with Gasteiger partial charge in [0.05, 0.1) is 16.9 Å². The van der Waals surface area contributed by atoms with Gasteiger partial charge in [-0.05, 0) is 47.4 Å². The molecule has 44 heavy (non-hydrogen) atoms. The number of hydrogen-bond acceptors (Lipinski definition) is 6. The van der Waals surface area contributed by atoms with Crippen LogP contribution in [-0.2, 0) is 16.6 Å². The van der Waals surface area contributed by atoms with Crippen LogP contribution in [0.1, 0.15) is 50.8 Å². The lowest BCUT2D eigenvalue weighted by Gasteiger charge is -2.37. The Morgan fingerprint density at radius 2 is 1.55 bits per heavy atom. The van der Waals surface area contributed by atoms with Crippen molar-refractivity contribution in [3.8, 4) is 0 Å². The summed E-state index contributed by atoms with van der Waals surface area (Å²) in [6.07, 6.45) is 5.71. The first-order valence-electron chi connectivity index (χ1n) is 14.7. The van der Waals surface area contributed by atoms with Crippen molar-refractivity contribution < 1.29 is 19.3 Å². The minimum Gasteiger partial charge on any atom is -0.352 e. The Balaban J connectivity index is 1.48. The number of anilines is 2. The fourth-order valence-corrected chi connectivity index (χ4v) is 7.34. The summed E-state index contributed by atoms with van der Waals surface area (Å²) in [6.45, 7) is 2.09. The summed E-state index contributed by atoms with van der Waals surface area (Å²) >= 11 is 0. The molecule has 0 saturated carbocycles. The first kappa shape index (κ1) is 27.5. The lowest BCUT2D eigenvalue weighted by atomic mass is 9.64. The maximum absolute atomic E-state index is 14.9. The number of carbonyl (C=O) groups is 3. The molecule has 4 atom stereocenters. The van der Waals surface area contributed by atoms with Gasteiger partial charge in [0, 0.05) is 34.6 Å². The van der Waals surface area contributed by atoms with Gasteiger partial charge in [-0.25, -0.2) is 0 Å². The number of carbonyl (C=O) groups excluding carboxylic acids is 3. The lowest BCUT2D eigenvalue weighted by molar-refractivity contribution is -0.384. The minimum atomic E-state index is -1.42. The average Bonchev–Trinajstić information content (AvgIpc) is 3.53. The largest absolute Gasteiger partial charge is 0.352 e. The number of para-hydroxylation sites is 2. The van der Waals surface area contributed by atoms with Crippen molar-refractivity contribution in [2.75, 3.05) is 10.2 Å². The number of nitrogens with one attached hydrogen (secondary N) is 1. The number of nitrogens with zero attached hydrogens (tertiary/aromatic N) is 2. The van der Waals surface area contributed by atoms with Gasteiger partial charge in [-0.2, -0.15) is 0 Å². The Bertz CT molecular complexity index is 1860. The Kier molecular flexibility index (Phi) is 6.50. The number of amides is 1. The fourth-order valence-electron chi connectivity index (χ4n) is 7.34. The second-order valence-corrected chi connectivity index (χ2v) is 11.5. The van der Waals surface area contributed by atoms with Gasteiger partial charge in [0.15, 0.2) is 11.6 Å². The number of nitro benzene ring substituents is 1. The summed E-state index contributed by atoms with van der Waals surface area (Å²) in [6, 6.07) is 26.1. The molecule has 0 aliphatic carbocycles. The standard InChI is InChI=1S/C36H29N3O5/c1-2-7-22-12-14-24(15-13-22)33(40)31-32(34(41)25-16-19-26(20-17-25)39(43)44)38-29-11-6-3-8-23(29)18-21-30(38)36(31)27-9-4-5-10-28(27)37-35(36)42/h3-6,8-21,30-32H,2,7H2,1H3,(H,37,42)/t30-,31+,32+,36-/m1/s1. The number of Topliss-reactive ketones (excluding diaryl/α,β-unsaturated/α-hetero) is 2. The molecule has 0 aromatic heterocycles. The van der Waals surface area contributed by atoms with Crippen LogP contribution in [0.4, 0.5) is 17.1 Å². The number of nitro groups is 1. The summed E-state index contributed by atoms with van der Waals surface area (Å²) in [4.78, 5) is 56.8. The van der Waals surface area contributed by atoms with Crippen LogP contribution in [0.5, 0.6) is 0 Å². The van der Waals surface area contributed by atoms with Crippen molar-refractivity contribution in [1.29, 1.82) is 0 Å². The van der Waals surface area contributed by atoms with E-state index < -0.39 is 28.3 Å². The highest BCUT2D eigenvalue weighted by molar-refractivity contribution is 6.18. The summed E-state index contributed by atoms with van der Waals surface area (Å²) in [5, 5.41) is 14.4. The van der Waals surface area contributed by atoms with Crippen molar-refractivity contribution in [2.24, 2.45) is 5.92 Å². The quantitative estimate of drug-likeness (QED) is 0.153. The van der Waals surface area contributed by atoms with E-state index in [2.05, 4.69) is 12.2 Å². The number of rotatable bonds is 7. The highest BCUT2D eigenvalue weighted by Crippen LogP contribution is 2.58. The number of fused-ring (bicyclic) bond motifs is 6. The zero-order chi connectivity index (χ0) is 30.6. The number of hydrogen-bond donors (Lipinski definition) is 1. The van der Waals surface area contributed by atoms with E-state index >= 15 is 0 Å². The Morgan fingerprint density at radius 3 is 2.27 bits per heavy atom. The third-order valence-electron chi connectivity index (χ3n) is 9.23. The van der Waals surface area contributed by atoms with Gasteiger partial charge >= 0.3 is 0 Å². The number of non-ortho nitro benzene ring substituents is 1. The second-order valence-electron chi connectivity index (χ2n) is 11.5. The molecule has 3 aliphatic rings. The molecule has 1 N–H and O–H groups in total. The molecule has 218 valence electrons. The average molecular weight is 584 g/mol. The van der Waals surface area contributed by atoms with Crippen molar-refractivity contribution in [3.05, 3.63) is 141 Å². The van der Waals surface area contributed by atoms with Gasteiger partial charge in [-0.3, -0.25) is 24.5 Å². The van der Waals surface area contributed by atoms with Gasteiger partial charge in [-0.1, -0.05) is 86.2 Å². The van der Waals surface area contributed by atoms with Gasteiger partial charge < -0.3 is 10.2 Å². The van der Waals surface area contributed by atoms with E-state index in [1.54, 1.807) is 12.1 Å². The maximum atomic E-state index is 14.9.